The van der Waals surface area contributed by atoms with Crippen molar-refractivity contribution >= 4 is 22.7 Å². The van der Waals surface area contributed by atoms with Crippen LogP contribution in [0.3, 0.4) is 0 Å². The van der Waals surface area contributed by atoms with E-state index in [1.165, 1.54) is 26.0 Å². The monoisotopic (exact) mass is 373 g/mol. The van der Waals surface area contributed by atoms with E-state index in [0.29, 0.717) is 33.3 Å². The molecule has 0 unspecified atom stereocenters. The Morgan fingerprint density at radius 3 is 2.50 bits per heavy atom. The third kappa shape index (κ3) is 3.41. The second-order valence-corrected chi connectivity index (χ2v) is 6.38. The predicted octanol–water partition coefficient (Wildman–Crippen LogP) is 2.43. The standard InChI is InChI=1S/C18H19N3O4S/c1-23-12-6-4-5-11(7-12)10-26-18-20-14-9-16(25-3)15(24-2)8-13(14)17(22)21(18)19/h4-9H,10,19H2,1-3H3. The fraction of sp³-hybridized carbons (Fsp3) is 0.222. The molecule has 0 bridgehead atoms. The molecule has 0 amide bonds. The molecule has 0 fully saturated rings. The highest BCUT2D eigenvalue weighted by atomic mass is 32.2. The van der Waals surface area contributed by atoms with Crippen LogP contribution < -0.4 is 25.6 Å². The van der Waals surface area contributed by atoms with E-state index >= 15 is 0 Å². The van der Waals surface area contributed by atoms with Crippen molar-refractivity contribution in [2.75, 3.05) is 27.2 Å². The summed E-state index contributed by atoms with van der Waals surface area (Å²) in [4.78, 5) is 17.1. The number of benzene rings is 2. The Morgan fingerprint density at radius 2 is 1.81 bits per heavy atom. The molecule has 0 radical (unpaired) electrons. The maximum absolute atomic E-state index is 12.6. The van der Waals surface area contributed by atoms with Crippen LogP contribution in [0.4, 0.5) is 0 Å². The molecule has 26 heavy (non-hydrogen) atoms. The van der Waals surface area contributed by atoms with E-state index in [-0.39, 0.29) is 5.56 Å². The van der Waals surface area contributed by atoms with E-state index in [0.717, 1.165) is 16.0 Å². The molecular weight excluding hydrogens is 354 g/mol. The SMILES string of the molecule is COc1cccc(CSc2nc3cc(OC)c(OC)cc3c(=O)n2N)c1. The molecule has 1 aromatic heterocycles. The molecule has 0 saturated heterocycles. The van der Waals surface area contributed by atoms with E-state index in [4.69, 9.17) is 20.1 Å². The Morgan fingerprint density at radius 1 is 1.08 bits per heavy atom. The molecule has 7 nitrogen and oxygen atoms in total. The minimum Gasteiger partial charge on any atom is -0.497 e. The highest BCUT2D eigenvalue weighted by molar-refractivity contribution is 7.98. The summed E-state index contributed by atoms with van der Waals surface area (Å²) in [5.74, 6) is 8.29. The van der Waals surface area contributed by atoms with Crippen LogP contribution in [0.5, 0.6) is 17.2 Å². The number of nitrogen functional groups attached to an aromatic ring is 1. The largest absolute Gasteiger partial charge is 0.497 e. The van der Waals surface area contributed by atoms with Crippen LogP contribution in [0.2, 0.25) is 0 Å². The van der Waals surface area contributed by atoms with E-state index in [1.807, 2.05) is 24.3 Å². The van der Waals surface area contributed by atoms with Crippen molar-refractivity contribution in [1.29, 1.82) is 0 Å². The van der Waals surface area contributed by atoms with E-state index in [9.17, 15) is 4.79 Å². The number of aromatic nitrogens is 2. The summed E-state index contributed by atoms with van der Waals surface area (Å²) in [6, 6.07) is 11.0. The summed E-state index contributed by atoms with van der Waals surface area (Å²) in [7, 11) is 4.67. The highest BCUT2D eigenvalue weighted by Crippen LogP contribution is 2.31. The molecule has 3 rings (SSSR count). The first-order valence-electron chi connectivity index (χ1n) is 7.77. The normalized spacial score (nSPS) is 10.7. The van der Waals surface area contributed by atoms with Crippen LogP contribution in [0, 0.1) is 0 Å². The fourth-order valence-corrected chi connectivity index (χ4v) is 3.38. The van der Waals surface area contributed by atoms with Crippen molar-refractivity contribution in [1.82, 2.24) is 9.66 Å². The molecule has 3 aromatic rings. The number of fused-ring (bicyclic) bond motifs is 1. The van der Waals surface area contributed by atoms with Gasteiger partial charge in [0, 0.05) is 11.8 Å². The first-order chi connectivity index (χ1) is 12.6. The molecule has 0 aliphatic carbocycles. The van der Waals surface area contributed by atoms with Crippen LogP contribution in [0.25, 0.3) is 10.9 Å². The molecule has 0 aliphatic heterocycles. The first-order valence-corrected chi connectivity index (χ1v) is 8.75. The van der Waals surface area contributed by atoms with Gasteiger partial charge in [0.05, 0.1) is 32.2 Å². The predicted molar refractivity (Wildman–Crippen MR) is 102 cm³/mol. The zero-order chi connectivity index (χ0) is 18.7. The molecule has 2 N–H and O–H groups in total. The van der Waals surface area contributed by atoms with Gasteiger partial charge in [-0.1, -0.05) is 23.9 Å². The Kier molecular flexibility index (Phi) is 5.22. The number of hydrogen-bond donors (Lipinski definition) is 1. The third-order valence-electron chi connectivity index (χ3n) is 3.88. The first kappa shape index (κ1) is 17.9. The lowest BCUT2D eigenvalue weighted by Gasteiger charge is -2.12. The second kappa shape index (κ2) is 7.57. The van der Waals surface area contributed by atoms with E-state index in [2.05, 4.69) is 4.98 Å². The number of methoxy groups -OCH3 is 3. The molecule has 0 spiro atoms. The number of nitrogens with two attached hydrogens (primary N) is 1. The second-order valence-electron chi connectivity index (χ2n) is 5.43. The molecule has 0 saturated carbocycles. The Hall–Kier alpha value is -2.87. The summed E-state index contributed by atoms with van der Waals surface area (Å²) in [5.41, 5.74) is 1.20. The summed E-state index contributed by atoms with van der Waals surface area (Å²) in [6.45, 7) is 0. The van der Waals surface area contributed by atoms with E-state index in [1.54, 1.807) is 19.2 Å². The van der Waals surface area contributed by atoms with Gasteiger partial charge < -0.3 is 20.1 Å². The van der Waals surface area contributed by atoms with Crippen LogP contribution in [-0.4, -0.2) is 31.0 Å². The molecule has 8 heteroatoms. The maximum Gasteiger partial charge on any atom is 0.280 e. The van der Waals surface area contributed by atoms with Crippen molar-refractivity contribution < 1.29 is 14.2 Å². The maximum atomic E-state index is 12.6. The number of nitrogens with zero attached hydrogens (tertiary/aromatic N) is 2. The molecular formula is C18H19N3O4S. The van der Waals surface area contributed by atoms with Crippen molar-refractivity contribution in [3.63, 3.8) is 0 Å². The third-order valence-corrected chi connectivity index (χ3v) is 4.90. The van der Waals surface area contributed by atoms with Crippen LogP contribution in [-0.2, 0) is 5.75 Å². The Bertz CT molecular complexity index is 1000. The van der Waals surface area contributed by atoms with Crippen molar-refractivity contribution in [3.05, 3.63) is 52.3 Å². The lowest BCUT2D eigenvalue weighted by atomic mass is 10.2. The van der Waals surface area contributed by atoms with Gasteiger partial charge in [-0.15, -0.1) is 0 Å². The Labute approximate surface area is 154 Å². The quantitative estimate of drug-likeness (QED) is 0.403. The van der Waals surface area contributed by atoms with Gasteiger partial charge in [0.2, 0.25) is 0 Å². The minimum absolute atomic E-state index is 0.343. The topological polar surface area (TPSA) is 88.6 Å². The average molecular weight is 373 g/mol. The van der Waals surface area contributed by atoms with Crippen molar-refractivity contribution in [3.8, 4) is 17.2 Å². The fourth-order valence-electron chi connectivity index (χ4n) is 2.52. The molecule has 2 aromatic carbocycles. The minimum atomic E-state index is -0.343. The number of rotatable bonds is 6. The van der Waals surface area contributed by atoms with E-state index < -0.39 is 0 Å². The summed E-state index contributed by atoms with van der Waals surface area (Å²) in [6.07, 6.45) is 0. The van der Waals surface area contributed by atoms with Crippen LogP contribution in [0.15, 0.2) is 46.3 Å². The molecule has 0 atom stereocenters. The van der Waals surface area contributed by atoms with Crippen molar-refractivity contribution in [2.45, 2.75) is 10.9 Å². The summed E-state index contributed by atoms with van der Waals surface area (Å²) in [5, 5.41) is 0.786. The molecule has 136 valence electrons. The number of hydrogen-bond acceptors (Lipinski definition) is 7. The summed E-state index contributed by atoms with van der Waals surface area (Å²) >= 11 is 1.37. The zero-order valence-electron chi connectivity index (χ0n) is 14.7. The van der Waals surface area contributed by atoms with Crippen molar-refractivity contribution in [2.24, 2.45) is 0 Å². The number of thioether (sulfide) groups is 1. The van der Waals surface area contributed by atoms with Gasteiger partial charge in [-0.05, 0) is 23.8 Å². The van der Waals surface area contributed by atoms with Crippen LogP contribution >= 0.6 is 11.8 Å². The smallest absolute Gasteiger partial charge is 0.280 e. The molecule has 0 aliphatic rings. The van der Waals surface area contributed by atoms with Gasteiger partial charge in [-0.2, -0.15) is 0 Å². The highest BCUT2D eigenvalue weighted by Gasteiger charge is 2.14. The van der Waals surface area contributed by atoms with Gasteiger partial charge in [-0.25, -0.2) is 9.66 Å². The van der Waals surface area contributed by atoms with Gasteiger partial charge in [-0.3, -0.25) is 4.79 Å². The zero-order valence-corrected chi connectivity index (χ0v) is 15.5. The lowest BCUT2D eigenvalue weighted by molar-refractivity contribution is 0.355. The van der Waals surface area contributed by atoms with Gasteiger partial charge in [0.15, 0.2) is 16.7 Å². The number of ether oxygens (including phenoxy) is 3. The van der Waals surface area contributed by atoms with Crippen LogP contribution in [0.1, 0.15) is 5.56 Å². The summed E-state index contributed by atoms with van der Waals surface area (Å²) < 4.78 is 16.8. The average Bonchev–Trinajstić information content (AvgIpc) is 2.68. The Balaban J connectivity index is 1.98. The van der Waals surface area contributed by atoms with Gasteiger partial charge in [0.1, 0.15) is 5.75 Å². The lowest BCUT2D eigenvalue weighted by Crippen LogP contribution is -2.29. The molecule has 1 heterocycles. The van der Waals surface area contributed by atoms with Gasteiger partial charge in [0.25, 0.3) is 5.56 Å². The van der Waals surface area contributed by atoms with Gasteiger partial charge >= 0.3 is 0 Å².